The van der Waals surface area contributed by atoms with Crippen molar-refractivity contribution in [1.29, 1.82) is 0 Å². The summed E-state index contributed by atoms with van der Waals surface area (Å²) in [7, 11) is 5.89. The van der Waals surface area contributed by atoms with Gasteiger partial charge in [-0.05, 0) is 51.6 Å². The molecule has 0 spiro atoms. The van der Waals surface area contributed by atoms with Gasteiger partial charge in [-0.1, -0.05) is 36.4 Å². The molecule has 0 aliphatic heterocycles. The first-order chi connectivity index (χ1) is 16.0. The zero-order valence-electron chi connectivity index (χ0n) is 20.0. The largest absolute Gasteiger partial charge is 0.490 e. The quantitative estimate of drug-likeness (QED) is 0.419. The maximum atomic E-state index is 6.47. The summed E-state index contributed by atoms with van der Waals surface area (Å²) in [5.74, 6) is 1.60. The fourth-order valence-electron chi connectivity index (χ4n) is 4.13. The van der Waals surface area contributed by atoms with Crippen molar-refractivity contribution in [3.8, 4) is 11.4 Å². The molecule has 1 unspecified atom stereocenters. The third-order valence-corrected chi connectivity index (χ3v) is 5.80. The topological polar surface area (TPSA) is 68.1 Å². The fourth-order valence-corrected chi connectivity index (χ4v) is 4.13. The summed E-state index contributed by atoms with van der Waals surface area (Å²) >= 11 is 0. The van der Waals surface area contributed by atoms with Crippen LogP contribution in [0.3, 0.4) is 0 Å². The summed E-state index contributed by atoms with van der Waals surface area (Å²) in [6.07, 6.45) is 1.85. The molecule has 2 heterocycles. The van der Waals surface area contributed by atoms with Crippen LogP contribution in [0.1, 0.15) is 23.4 Å². The van der Waals surface area contributed by atoms with E-state index in [-0.39, 0.29) is 6.10 Å². The molecule has 7 heteroatoms. The van der Waals surface area contributed by atoms with Crippen LogP contribution in [0.5, 0.6) is 5.75 Å². The highest BCUT2D eigenvalue weighted by molar-refractivity contribution is 5.92. The van der Waals surface area contributed by atoms with Crippen molar-refractivity contribution >= 4 is 16.7 Å². The highest BCUT2D eigenvalue weighted by Gasteiger charge is 2.18. The standard InChI is InChI=1S/C26H32N6O/c1-18-24-19(2)32(30-25(24)26(29-28-18)31(4)5)21-12-9-13-22(17-21)33-23(14-15-27-3)16-20-10-7-6-8-11-20/h6-13,17,23,27H,14-16H2,1-5H3. The Labute approximate surface area is 195 Å². The predicted molar refractivity (Wildman–Crippen MR) is 134 cm³/mol. The molecule has 2 aromatic heterocycles. The van der Waals surface area contributed by atoms with Gasteiger partial charge >= 0.3 is 0 Å². The number of nitrogens with one attached hydrogen (secondary N) is 1. The molecule has 4 rings (SSSR count). The fraction of sp³-hybridized carbons (Fsp3) is 0.346. The van der Waals surface area contributed by atoms with Crippen LogP contribution in [0.15, 0.2) is 54.6 Å². The Morgan fingerprint density at radius 1 is 1.03 bits per heavy atom. The molecule has 0 aliphatic rings. The minimum absolute atomic E-state index is 0.0730. The zero-order chi connectivity index (χ0) is 23.4. The van der Waals surface area contributed by atoms with Gasteiger partial charge in [0.1, 0.15) is 17.4 Å². The van der Waals surface area contributed by atoms with Gasteiger partial charge in [-0.25, -0.2) is 4.68 Å². The normalized spacial score (nSPS) is 12.2. The second-order valence-electron chi connectivity index (χ2n) is 8.54. The van der Waals surface area contributed by atoms with Crippen molar-refractivity contribution in [2.45, 2.75) is 32.8 Å². The van der Waals surface area contributed by atoms with Crippen LogP contribution >= 0.6 is 0 Å². The Hall–Kier alpha value is -3.45. The van der Waals surface area contributed by atoms with Gasteiger partial charge in [0.2, 0.25) is 0 Å². The van der Waals surface area contributed by atoms with E-state index in [4.69, 9.17) is 9.84 Å². The van der Waals surface area contributed by atoms with Gasteiger partial charge in [0.25, 0.3) is 0 Å². The first kappa shape index (κ1) is 22.7. The number of rotatable bonds is 9. The molecule has 0 saturated heterocycles. The van der Waals surface area contributed by atoms with E-state index >= 15 is 0 Å². The number of aromatic nitrogens is 4. The number of nitrogens with zero attached hydrogens (tertiary/aromatic N) is 5. The van der Waals surface area contributed by atoms with Crippen molar-refractivity contribution in [3.63, 3.8) is 0 Å². The second kappa shape index (κ2) is 10.0. The summed E-state index contributed by atoms with van der Waals surface area (Å²) in [5.41, 5.74) is 5.00. The molecule has 1 N–H and O–H groups in total. The summed E-state index contributed by atoms with van der Waals surface area (Å²) in [4.78, 5) is 1.95. The van der Waals surface area contributed by atoms with Gasteiger partial charge < -0.3 is 15.0 Å². The first-order valence-electron chi connectivity index (χ1n) is 11.3. The molecule has 0 fully saturated rings. The highest BCUT2D eigenvalue weighted by Crippen LogP contribution is 2.29. The lowest BCUT2D eigenvalue weighted by molar-refractivity contribution is 0.191. The van der Waals surface area contributed by atoms with Gasteiger partial charge in [0, 0.05) is 26.6 Å². The second-order valence-corrected chi connectivity index (χ2v) is 8.54. The Balaban J connectivity index is 1.66. The van der Waals surface area contributed by atoms with Gasteiger partial charge in [0.15, 0.2) is 5.82 Å². The average molecular weight is 445 g/mol. The molecule has 2 aromatic carbocycles. The minimum atomic E-state index is 0.0730. The number of ether oxygens (including phenoxy) is 1. The summed E-state index contributed by atoms with van der Waals surface area (Å²) in [5, 5.41) is 17.9. The lowest BCUT2D eigenvalue weighted by Crippen LogP contribution is -2.24. The highest BCUT2D eigenvalue weighted by atomic mass is 16.5. The van der Waals surface area contributed by atoms with Crippen LogP contribution in [-0.4, -0.2) is 53.8 Å². The van der Waals surface area contributed by atoms with Crippen LogP contribution in [-0.2, 0) is 6.42 Å². The van der Waals surface area contributed by atoms with Crippen molar-refractivity contribution in [2.75, 3.05) is 32.6 Å². The summed E-state index contributed by atoms with van der Waals surface area (Å²) in [6.45, 7) is 4.94. The van der Waals surface area contributed by atoms with Crippen molar-refractivity contribution in [2.24, 2.45) is 0 Å². The average Bonchev–Trinajstić information content (AvgIpc) is 3.16. The molecule has 7 nitrogen and oxygen atoms in total. The van der Waals surface area contributed by atoms with E-state index in [0.29, 0.717) is 0 Å². The maximum Gasteiger partial charge on any atom is 0.179 e. The van der Waals surface area contributed by atoms with E-state index in [1.54, 1.807) is 0 Å². The molecular weight excluding hydrogens is 412 g/mol. The molecular formula is C26H32N6O. The Morgan fingerprint density at radius 2 is 1.82 bits per heavy atom. The molecule has 4 aromatic rings. The van der Waals surface area contributed by atoms with E-state index in [9.17, 15) is 0 Å². The summed E-state index contributed by atoms with van der Waals surface area (Å²) < 4.78 is 8.43. The molecule has 0 saturated carbocycles. The third kappa shape index (κ3) is 4.98. The van der Waals surface area contributed by atoms with Crippen molar-refractivity contribution < 1.29 is 4.74 Å². The lowest BCUT2D eigenvalue weighted by atomic mass is 10.1. The smallest absolute Gasteiger partial charge is 0.179 e. The van der Waals surface area contributed by atoms with Gasteiger partial charge in [0.05, 0.1) is 22.5 Å². The Kier molecular flexibility index (Phi) is 6.89. The summed E-state index contributed by atoms with van der Waals surface area (Å²) in [6, 6.07) is 18.6. The van der Waals surface area contributed by atoms with Crippen molar-refractivity contribution in [1.82, 2.24) is 25.3 Å². The lowest BCUT2D eigenvalue weighted by Gasteiger charge is -2.20. The predicted octanol–water partition coefficient (Wildman–Crippen LogP) is 4.10. The van der Waals surface area contributed by atoms with Gasteiger partial charge in [-0.3, -0.25) is 0 Å². The van der Waals surface area contributed by atoms with E-state index in [2.05, 4.69) is 58.8 Å². The molecule has 0 bridgehead atoms. The minimum Gasteiger partial charge on any atom is -0.490 e. The van der Waals surface area contributed by atoms with E-state index < -0.39 is 0 Å². The third-order valence-electron chi connectivity index (χ3n) is 5.80. The molecule has 0 amide bonds. The van der Waals surface area contributed by atoms with Gasteiger partial charge in [-0.2, -0.15) is 10.2 Å². The van der Waals surface area contributed by atoms with Crippen LogP contribution in [0.4, 0.5) is 5.82 Å². The van der Waals surface area contributed by atoms with Crippen LogP contribution in [0.2, 0.25) is 0 Å². The molecule has 0 aliphatic carbocycles. The number of anilines is 1. The van der Waals surface area contributed by atoms with E-state index in [0.717, 1.165) is 58.9 Å². The molecule has 1 atom stereocenters. The molecule has 172 valence electrons. The maximum absolute atomic E-state index is 6.47. The number of hydrogen-bond acceptors (Lipinski definition) is 6. The zero-order valence-corrected chi connectivity index (χ0v) is 20.0. The Morgan fingerprint density at radius 3 is 2.55 bits per heavy atom. The number of benzene rings is 2. The molecule has 33 heavy (non-hydrogen) atoms. The van der Waals surface area contributed by atoms with Crippen LogP contribution < -0.4 is 15.0 Å². The van der Waals surface area contributed by atoms with Crippen molar-refractivity contribution in [3.05, 3.63) is 71.5 Å². The Bertz CT molecular complexity index is 1220. The van der Waals surface area contributed by atoms with Crippen LogP contribution in [0, 0.1) is 13.8 Å². The SMILES string of the molecule is CNCCC(Cc1ccccc1)Oc1cccc(-n2nc3c(N(C)C)nnc(C)c3c2C)c1. The first-order valence-corrected chi connectivity index (χ1v) is 11.3. The monoisotopic (exact) mass is 444 g/mol. The van der Waals surface area contributed by atoms with Crippen LogP contribution in [0.25, 0.3) is 16.6 Å². The number of aryl methyl sites for hydroxylation is 2. The van der Waals surface area contributed by atoms with Gasteiger partial charge in [-0.15, -0.1) is 5.10 Å². The van der Waals surface area contributed by atoms with E-state index in [1.807, 2.05) is 55.8 Å². The molecule has 0 radical (unpaired) electrons. The number of fused-ring (bicyclic) bond motifs is 1. The van der Waals surface area contributed by atoms with E-state index in [1.165, 1.54) is 5.56 Å². The number of hydrogen-bond donors (Lipinski definition) is 1.